The lowest BCUT2D eigenvalue weighted by molar-refractivity contribution is 0.0578. The predicted octanol–water partition coefficient (Wildman–Crippen LogP) is 4.52. The molecule has 1 unspecified atom stereocenters. The van der Waals surface area contributed by atoms with Gasteiger partial charge in [-0.15, -0.1) is 0 Å². The molecule has 0 aliphatic carbocycles. The Morgan fingerprint density at radius 1 is 1.12 bits per heavy atom. The zero-order valence-corrected chi connectivity index (χ0v) is 19.5. The van der Waals surface area contributed by atoms with Crippen molar-refractivity contribution in [2.24, 2.45) is 7.05 Å². The number of hydrogen-bond donors (Lipinski definition) is 0. The molecule has 0 saturated carbocycles. The number of nitrogens with zero attached hydrogens (tertiary/aromatic N) is 3. The lowest BCUT2D eigenvalue weighted by Gasteiger charge is -2.32. The van der Waals surface area contributed by atoms with E-state index in [2.05, 4.69) is 6.92 Å². The summed E-state index contributed by atoms with van der Waals surface area (Å²) in [6, 6.07) is 14.8. The minimum atomic E-state index is -0.347. The van der Waals surface area contributed by atoms with Crippen molar-refractivity contribution in [3.63, 3.8) is 0 Å². The van der Waals surface area contributed by atoms with Gasteiger partial charge in [0.15, 0.2) is 0 Å². The molecular formula is C26H33N3O3. The van der Waals surface area contributed by atoms with E-state index in [9.17, 15) is 9.59 Å². The first kappa shape index (κ1) is 23.7. The van der Waals surface area contributed by atoms with Crippen molar-refractivity contribution >= 4 is 16.8 Å². The highest BCUT2D eigenvalue weighted by Gasteiger charge is 2.28. The van der Waals surface area contributed by atoms with Gasteiger partial charge in [-0.25, -0.2) is 4.98 Å². The second-order valence-electron chi connectivity index (χ2n) is 8.07. The van der Waals surface area contributed by atoms with E-state index >= 15 is 0 Å². The number of aromatic nitrogens is 2. The zero-order chi connectivity index (χ0) is 23.1. The van der Waals surface area contributed by atoms with Crippen molar-refractivity contribution in [1.82, 2.24) is 14.5 Å². The van der Waals surface area contributed by atoms with Crippen LogP contribution in [0.1, 0.15) is 60.9 Å². The number of carbonyl (C=O) groups is 1. The Kier molecular flexibility index (Phi) is 8.17. The Morgan fingerprint density at radius 2 is 1.84 bits per heavy atom. The molecule has 3 rings (SSSR count). The fourth-order valence-electron chi connectivity index (χ4n) is 4.02. The summed E-state index contributed by atoms with van der Waals surface area (Å²) in [5.41, 5.74) is 2.40. The first-order chi connectivity index (χ1) is 15.5. The van der Waals surface area contributed by atoms with Crippen LogP contribution >= 0.6 is 0 Å². The largest absolute Gasteiger partial charge is 0.383 e. The maximum absolute atomic E-state index is 13.6. The standard InChI is InChI=1S/C26H33N3O3/c1-5-7-10-19-13-15-20(16-14-19)25(30)29(17-18-32-4)23(6-2)24-27-22-12-9-8-11-21(22)26(31)28(24)3/h8-9,11-16,23H,5-7,10,17-18H2,1-4H3. The topological polar surface area (TPSA) is 64.4 Å². The van der Waals surface area contributed by atoms with Gasteiger partial charge in [-0.2, -0.15) is 0 Å². The third-order valence-electron chi connectivity index (χ3n) is 5.90. The number of carbonyl (C=O) groups excluding carboxylic acids is 1. The van der Waals surface area contributed by atoms with Crippen LogP contribution in [0.4, 0.5) is 0 Å². The highest BCUT2D eigenvalue weighted by Crippen LogP contribution is 2.25. The van der Waals surface area contributed by atoms with E-state index in [4.69, 9.17) is 9.72 Å². The van der Waals surface area contributed by atoms with Crippen molar-refractivity contribution in [1.29, 1.82) is 0 Å². The highest BCUT2D eigenvalue weighted by atomic mass is 16.5. The van der Waals surface area contributed by atoms with E-state index in [1.807, 2.05) is 49.4 Å². The number of hydrogen-bond acceptors (Lipinski definition) is 4. The van der Waals surface area contributed by atoms with Crippen LogP contribution in [0.25, 0.3) is 10.9 Å². The van der Waals surface area contributed by atoms with Gasteiger partial charge < -0.3 is 9.64 Å². The maximum Gasteiger partial charge on any atom is 0.261 e. The summed E-state index contributed by atoms with van der Waals surface area (Å²) in [6.45, 7) is 4.99. The van der Waals surface area contributed by atoms with Gasteiger partial charge in [-0.05, 0) is 49.1 Å². The predicted molar refractivity (Wildman–Crippen MR) is 128 cm³/mol. The maximum atomic E-state index is 13.6. The highest BCUT2D eigenvalue weighted by molar-refractivity contribution is 5.94. The van der Waals surface area contributed by atoms with Gasteiger partial charge in [0.05, 0.1) is 23.6 Å². The van der Waals surface area contributed by atoms with Gasteiger partial charge in [-0.1, -0.05) is 44.5 Å². The van der Waals surface area contributed by atoms with Crippen molar-refractivity contribution < 1.29 is 9.53 Å². The summed E-state index contributed by atoms with van der Waals surface area (Å²) >= 11 is 0. The summed E-state index contributed by atoms with van der Waals surface area (Å²) in [7, 11) is 3.34. The van der Waals surface area contributed by atoms with Crippen molar-refractivity contribution in [3.05, 3.63) is 75.8 Å². The molecule has 1 aromatic heterocycles. The molecule has 0 saturated heterocycles. The van der Waals surface area contributed by atoms with Gasteiger partial charge in [0.25, 0.3) is 11.5 Å². The molecule has 170 valence electrons. The first-order valence-corrected chi connectivity index (χ1v) is 11.4. The Balaban J connectivity index is 2.00. The third kappa shape index (κ3) is 5.07. The van der Waals surface area contributed by atoms with Crippen molar-refractivity contribution in [3.8, 4) is 0 Å². The van der Waals surface area contributed by atoms with Crippen LogP contribution in [0.5, 0.6) is 0 Å². The molecule has 6 heteroatoms. The van der Waals surface area contributed by atoms with Crippen LogP contribution in [0.3, 0.4) is 0 Å². The molecule has 1 heterocycles. The average molecular weight is 436 g/mol. The van der Waals surface area contributed by atoms with Gasteiger partial charge in [0.2, 0.25) is 0 Å². The molecule has 32 heavy (non-hydrogen) atoms. The molecule has 1 atom stereocenters. The minimum Gasteiger partial charge on any atom is -0.383 e. The molecular weight excluding hydrogens is 402 g/mol. The van der Waals surface area contributed by atoms with Crippen LogP contribution in [0.15, 0.2) is 53.3 Å². The first-order valence-electron chi connectivity index (χ1n) is 11.4. The lowest BCUT2D eigenvalue weighted by Crippen LogP contribution is -2.40. The van der Waals surface area contributed by atoms with E-state index in [1.165, 1.54) is 5.56 Å². The van der Waals surface area contributed by atoms with E-state index in [-0.39, 0.29) is 17.5 Å². The molecule has 0 aliphatic heterocycles. The molecule has 0 aliphatic rings. The number of para-hydroxylation sites is 1. The smallest absolute Gasteiger partial charge is 0.261 e. The molecule has 6 nitrogen and oxygen atoms in total. The Bertz CT molecular complexity index is 1110. The Morgan fingerprint density at radius 3 is 2.50 bits per heavy atom. The molecule has 0 N–H and O–H groups in total. The summed E-state index contributed by atoms with van der Waals surface area (Å²) in [4.78, 5) is 33.1. The Labute approximate surface area is 189 Å². The molecule has 2 aromatic carbocycles. The van der Waals surface area contributed by atoms with Crippen LogP contribution in [-0.4, -0.2) is 40.6 Å². The number of unbranched alkanes of at least 4 members (excludes halogenated alkanes) is 1. The third-order valence-corrected chi connectivity index (χ3v) is 5.90. The van der Waals surface area contributed by atoms with Crippen LogP contribution in [0.2, 0.25) is 0 Å². The monoisotopic (exact) mass is 435 g/mol. The number of rotatable bonds is 10. The fourth-order valence-corrected chi connectivity index (χ4v) is 4.02. The number of methoxy groups -OCH3 is 1. The number of benzene rings is 2. The van der Waals surface area contributed by atoms with Crippen molar-refractivity contribution in [2.45, 2.75) is 45.6 Å². The van der Waals surface area contributed by atoms with E-state index in [0.29, 0.717) is 41.9 Å². The molecule has 1 amide bonds. The quantitative estimate of drug-likeness (QED) is 0.470. The Hall–Kier alpha value is -2.99. The van der Waals surface area contributed by atoms with Crippen LogP contribution in [-0.2, 0) is 18.2 Å². The number of aryl methyl sites for hydroxylation is 1. The van der Waals surface area contributed by atoms with E-state index < -0.39 is 0 Å². The summed E-state index contributed by atoms with van der Waals surface area (Å²) in [5.74, 6) is 0.499. The molecule has 3 aromatic rings. The van der Waals surface area contributed by atoms with Crippen molar-refractivity contribution in [2.75, 3.05) is 20.3 Å². The molecule has 0 bridgehead atoms. The number of ether oxygens (including phenoxy) is 1. The minimum absolute atomic E-state index is 0.0849. The summed E-state index contributed by atoms with van der Waals surface area (Å²) < 4.78 is 6.86. The lowest BCUT2D eigenvalue weighted by atomic mass is 10.0. The normalized spacial score (nSPS) is 12.1. The fraction of sp³-hybridized carbons (Fsp3) is 0.423. The summed E-state index contributed by atoms with van der Waals surface area (Å²) in [5, 5.41) is 0.575. The van der Waals surface area contributed by atoms with Gasteiger partial charge >= 0.3 is 0 Å². The molecule has 0 radical (unpaired) electrons. The number of amides is 1. The molecule has 0 fully saturated rings. The van der Waals surface area contributed by atoms with Gasteiger partial charge in [0.1, 0.15) is 5.82 Å². The van der Waals surface area contributed by atoms with E-state index in [0.717, 1.165) is 19.3 Å². The SMILES string of the molecule is CCCCc1ccc(C(=O)N(CCOC)C(CC)c2nc3ccccc3c(=O)n2C)cc1. The summed E-state index contributed by atoms with van der Waals surface area (Å²) in [6.07, 6.45) is 3.91. The zero-order valence-electron chi connectivity index (χ0n) is 19.5. The van der Waals surface area contributed by atoms with Crippen LogP contribution in [0, 0.1) is 0 Å². The second-order valence-corrected chi connectivity index (χ2v) is 8.07. The number of fused-ring (bicyclic) bond motifs is 1. The van der Waals surface area contributed by atoms with Crippen LogP contribution < -0.4 is 5.56 Å². The average Bonchev–Trinajstić information content (AvgIpc) is 2.83. The second kappa shape index (κ2) is 11.0. The van der Waals surface area contributed by atoms with Gasteiger partial charge in [0, 0.05) is 26.3 Å². The van der Waals surface area contributed by atoms with E-state index in [1.54, 1.807) is 29.7 Å². The van der Waals surface area contributed by atoms with Gasteiger partial charge in [-0.3, -0.25) is 14.2 Å². The molecule has 0 spiro atoms.